The molecule has 2 aliphatic rings. The van der Waals surface area contributed by atoms with E-state index >= 15 is 0 Å². The minimum atomic E-state index is -0.899. The lowest BCUT2D eigenvalue weighted by atomic mass is 9.79. The van der Waals surface area contributed by atoms with E-state index in [2.05, 4.69) is 34.9 Å². The van der Waals surface area contributed by atoms with E-state index in [0.29, 0.717) is 0 Å². The van der Waals surface area contributed by atoms with Gasteiger partial charge in [-0.25, -0.2) is 4.79 Å². The van der Waals surface area contributed by atoms with Crippen molar-refractivity contribution in [3.05, 3.63) is 59.7 Å². The summed E-state index contributed by atoms with van der Waals surface area (Å²) >= 11 is 0. The van der Waals surface area contributed by atoms with Crippen LogP contribution in [0.3, 0.4) is 0 Å². The fourth-order valence-electron chi connectivity index (χ4n) is 4.69. The van der Waals surface area contributed by atoms with Crippen LogP contribution in [0.5, 0.6) is 0 Å². The monoisotopic (exact) mass is 450 g/mol. The minimum Gasteiger partial charge on any atom is -0.481 e. The number of amides is 2. The summed E-state index contributed by atoms with van der Waals surface area (Å²) in [5, 5.41) is 14.5. The highest BCUT2D eigenvalue weighted by Gasteiger charge is 2.35. The molecule has 0 bridgehead atoms. The van der Waals surface area contributed by atoms with Crippen molar-refractivity contribution in [2.24, 2.45) is 11.8 Å². The number of hydrogen-bond acceptors (Lipinski definition) is 4. The number of fused-ring (bicyclic) bond motifs is 3. The van der Waals surface area contributed by atoms with Gasteiger partial charge in [0, 0.05) is 18.9 Å². The lowest BCUT2D eigenvalue weighted by Gasteiger charge is -2.33. The van der Waals surface area contributed by atoms with Crippen molar-refractivity contribution in [1.82, 2.24) is 10.6 Å². The predicted octanol–water partition coefficient (Wildman–Crippen LogP) is 3.92. The smallest absolute Gasteiger partial charge is 0.407 e. The standard InChI is InChI=1S/C26H30N2O5/c1-16(13-23(29)30)14-27-25(31)24(17-7-6-8-17)28-26(32)33-15-22-20-11-4-2-9-18(20)19-10-3-5-12-21(19)22/h2-5,9-12,16-17,22,24H,6-8,13-15H2,1H3,(H,27,31)(H,28,32)(H,29,30). The predicted molar refractivity (Wildman–Crippen MR) is 124 cm³/mol. The van der Waals surface area contributed by atoms with Crippen LogP contribution in [0.15, 0.2) is 48.5 Å². The van der Waals surface area contributed by atoms with Crippen molar-refractivity contribution in [2.45, 2.75) is 44.6 Å². The van der Waals surface area contributed by atoms with Gasteiger partial charge in [0.25, 0.3) is 0 Å². The average molecular weight is 451 g/mol. The summed E-state index contributed by atoms with van der Waals surface area (Å²) in [7, 11) is 0. The summed E-state index contributed by atoms with van der Waals surface area (Å²) in [5.41, 5.74) is 4.58. The van der Waals surface area contributed by atoms with Gasteiger partial charge >= 0.3 is 12.1 Å². The first-order valence-corrected chi connectivity index (χ1v) is 11.5. The maximum absolute atomic E-state index is 12.8. The van der Waals surface area contributed by atoms with Gasteiger partial charge in [-0.3, -0.25) is 9.59 Å². The number of nitrogens with one attached hydrogen (secondary N) is 2. The molecule has 1 saturated carbocycles. The zero-order valence-corrected chi connectivity index (χ0v) is 18.8. The van der Waals surface area contributed by atoms with Gasteiger partial charge in [0.1, 0.15) is 12.6 Å². The Morgan fingerprint density at radius 2 is 1.64 bits per heavy atom. The molecular weight excluding hydrogens is 420 g/mol. The third-order valence-corrected chi connectivity index (χ3v) is 6.67. The van der Waals surface area contributed by atoms with Gasteiger partial charge in [0.2, 0.25) is 5.91 Å². The fraction of sp³-hybridized carbons (Fsp3) is 0.423. The number of carboxylic acids is 1. The van der Waals surface area contributed by atoms with Crippen LogP contribution in [-0.4, -0.2) is 42.3 Å². The van der Waals surface area contributed by atoms with E-state index in [1.165, 1.54) is 0 Å². The molecule has 2 amide bonds. The first kappa shape index (κ1) is 22.8. The van der Waals surface area contributed by atoms with Gasteiger partial charge in [-0.1, -0.05) is 61.9 Å². The molecule has 4 rings (SSSR count). The Hall–Kier alpha value is -3.35. The zero-order chi connectivity index (χ0) is 23.4. The topological polar surface area (TPSA) is 105 Å². The van der Waals surface area contributed by atoms with Crippen molar-refractivity contribution in [1.29, 1.82) is 0 Å². The number of ether oxygens (including phenoxy) is 1. The molecular formula is C26H30N2O5. The number of aliphatic carboxylic acids is 1. The van der Waals surface area contributed by atoms with E-state index in [4.69, 9.17) is 9.84 Å². The van der Waals surface area contributed by atoms with E-state index in [1.807, 2.05) is 24.3 Å². The lowest BCUT2D eigenvalue weighted by molar-refractivity contribution is -0.138. The van der Waals surface area contributed by atoms with E-state index < -0.39 is 18.1 Å². The maximum Gasteiger partial charge on any atom is 0.407 e. The number of hydrogen-bond donors (Lipinski definition) is 3. The van der Waals surface area contributed by atoms with Crippen molar-refractivity contribution in [3.8, 4) is 11.1 Å². The molecule has 2 unspecified atom stereocenters. The molecule has 3 N–H and O–H groups in total. The van der Waals surface area contributed by atoms with Crippen LogP contribution in [0.25, 0.3) is 11.1 Å². The normalized spacial score (nSPS) is 16.6. The Bertz CT molecular complexity index is 987. The second-order valence-corrected chi connectivity index (χ2v) is 9.09. The van der Waals surface area contributed by atoms with Crippen LogP contribution in [-0.2, 0) is 14.3 Å². The summed E-state index contributed by atoms with van der Waals surface area (Å²) in [5.74, 6) is -1.35. The summed E-state index contributed by atoms with van der Waals surface area (Å²) in [6, 6.07) is 15.6. The van der Waals surface area contributed by atoms with Gasteiger partial charge in [-0.15, -0.1) is 0 Å². The van der Waals surface area contributed by atoms with Gasteiger partial charge in [0.05, 0.1) is 0 Å². The van der Waals surface area contributed by atoms with Crippen molar-refractivity contribution < 1.29 is 24.2 Å². The molecule has 2 aromatic rings. The summed E-state index contributed by atoms with van der Waals surface area (Å²) in [4.78, 5) is 36.3. The third-order valence-electron chi connectivity index (χ3n) is 6.67. The molecule has 0 spiro atoms. The Labute approximate surface area is 193 Å². The molecule has 0 aromatic heterocycles. The summed E-state index contributed by atoms with van der Waals surface area (Å²) in [6.45, 7) is 2.21. The zero-order valence-electron chi connectivity index (χ0n) is 18.8. The van der Waals surface area contributed by atoms with E-state index in [9.17, 15) is 14.4 Å². The van der Waals surface area contributed by atoms with Crippen molar-refractivity contribution >= 4 is 18.0 Å². The van der Waals surface area contributed by atoms with Gasteiger partial charge in [-0.2, -0.15) is 0 Å². The first-order valence-electron chi connectivity index (χ1n) is 11.5. The van der Waals surface area contributed by atoms with Crippen LogP contribution in [0.1, 0.15) is 49.7 Å². The van der Waals surface area contributed by atoms with Crippen LogP contribution < -0.4 is 10.6 Å². The Balaban J connectivity index is 1.36. The van der Waals surface area contributed by atoms with Crippen LogP contribution in [0.4, 0.5) is 4.79 Å². The van der Waals surface area contributed by atoms with Gasteiger partial charge in [0.15, 0.2) is 0 Å². The van der Waals surface area contributed by atoms with Gasteiger partial charge < -0.3 is 20.5 Å². The number of alkyl carbamates (subject to hydrolysis) is 1. The number of carbonyl (C=O) groups is 3. The Morgan fingerprint density at radius 3 is 2.18 bits per heavy atom. The highest BCUT2D eigenvalue weighted by atomic mass is 16.5. The highest BCUT2D eigenvalue weighted by molar-refractivity contribution is 5.86. The molecule has 7 nitrogen and oxygen atoms in total. The van der Waals surface area contributed by atoms with Gasteiger partial charge in [-0.05, 0) is 46.9 Å². The van der Waals surface area contributed by atoms with E-state index in [-0.39, 0.29) is 43.2 Å². The molecule has 0 saturated heterocycles. The first-order chi connectivity index (χ1) is 15.9. The second-order valence-electron chi connectivity index (χ2n) is 9.09. The molecule has 0 aliphatic heterocycles. The van der Waals surface area contributed by atoms with Crippen LogP contribution in [0, 0.1) is 11.8 Å². The van der Waals surface area contributed by atoms with E-state index in [1.54, 1.807) is 6.92 Å². The van der Waals surface area contributed by atoms with Crippen LogP contribution >= 0.6 is 0 Å². The number of carboxylic acid groups (broad SMARTS) is 1. The molecule has 2 aromatic carbocycles. The highest BCUT2D eigenvalue weighted by Crippen LogP contribution is 2.44. The minimum absolute atomic E-state index is 0.0197. The number of benzene rings is 2. The maximum atomic E-state index is 12.8. The van der Waals surface area contributed by atoms with Crippen molar-refractivity contribution in [2.75, 3.05) is 13.2 Å². The number of carbonyl (C=O) groups excluding carboxylic acids is 2. The molecule has 0 radical (unpaired) electrons. The molecule has 7 heteroatoms. The lowest BCUT2D eigenvalue weighted by Crippen LogP contribution is -2.53. The largest absolute Gasteiger partial charge is 0.481 e. The molecule has 2 aliphatic carbocycles. The van der Waals surface area contributed by atoms with E-state index in [0.717, 1.165) is 41.5 Å². The SMILES string of the molecule is CC(CNC(=O)C(NC(=O)OCC1c2ccccc2-c2ccccc21)C1CCC1)CC(=O)O. The van der Waals surface area contributed by atoms with Crippen molar-refractivity contribution in [3.63, 3.8) is 0 Å². The third kappa shape index (κ3) is 5.18. The van der Waals surface area contributed by atoms with Crippen LogP contribution in [0.2, 0.25) is 0 Å². The molecule has 174 valence electrons. The molecule has 33 heavy (non-hydrogen) atoms. The number of rotatable bonds is 9. The second kappa shape index (κ2) is 10.1. The molecule has 0 heterocycles. The molecule has 1 fully saturated rings. The Morgan fingerprint density at radius 1 is 1.03 bits per heavy atom. The molecule has 2 atom stereocenters. The quantitative estimate of drug-likeness (QED) is 0.537. The Kier molecular flexibility index (Phi) is 6.96. The fourth-order valence-corrected chi connectivity index (χ4v) is 4.69. The summed E-state index contributed by atoms with van der Waals surface area (Å²) in [6.07, 6.45) is 2.13. The summed E-state index contributed by atoms with van der Waals surface area (Å²) < 4.78 is 5.61. The average Bonchev–Trinajstić information content (AvgIpc) is 3.08.